The van der Waals surface area contributed by atoms with Crippen molar-refractivity contribution in [2.45, 2.75) is 25.0 Å². The van der Waals surface area contributed by atoms with Gasteiger partial charge in [-0.25, -0.2) is 22.7 Å². The summed E-state index contributed by atoms with van der Waals surface area (Å²) in [5.74, 6) is -0.677. The third kappa shape index (κ3) is 5.59. The molecule has 0 spiro atoms. The quantitative estimate of drug-likeness (QED) is 0.532. The van der Waals surface area contributed by atoms with E-state index in [4.69, 9.17) is 9.15 Å². The highest BCUT2D eigenvalue weighted by Gasteiger charge is 2.19. The van der Waals surface area contributed by atoms with Crippen molar-refractivity contribution < 1.29 is 31.9 Å². The lowest BCUT2D eigenvalue weighted by atomic mass is 10.2. The van der Waals surface area contributed by atoms with Gasteiger partial charge in [-0.3, -0.25) is 0 Å². The van der Waals surface area contributed by atoms with E-state index in [0.717, 1.165) is 5.56 Å². The number of hydrogen-bond acceptors (Lipinski definition) is 7. The molecule has 1 heterocycles. The van der Waals surface area contributed by atoms with Gasteiger partial charge >= 0.3 is 11.9 Å². The molecule has 9 heteroatoms. The molecule has 0 radical (unpaired) electrons. The number of ether oxygens (including phenoxy) is 2. The smallest absolute Gasteiger partial charge is 0.341 e. The van der Waals surface area contributed by atoms with Gasteiger partial charge in [0.05, 0.1) is 17.6 Å². The third-order valence-corrected chi connectivity index (χ3v) is 5.81. The normalized spacial score (nSPS) is 11.2. The van der Waals surface area contributed by atoms with Gasteiger partial charge in [-0.2, -0.15) is 0 Å². The molecule has 0 aliphatic rings. The van der Waals surface area contributed by atoms with E-state index in [1.165, 1.54) is 37.4 Å². The molecule has 0 aliphatic heterocycles. The standard InChI is InChI=1S/C22H21NO7S/c1-15-20(22(25)28-2)12-18(30-15)14-29-21(24)17-9-6-10-19(11-17)31(26,27)23-13-16-7-4-3-5-8-16/h3-12,23H,13-14H2,1-2H3. The minimum Gasteiger partial charge on any atom is -0.465 e. The van der Waals surface area contributed by atoms with E-state index in [1.807, 2.05) is 18.2 Å². The zero-order valence-corrected chi connectivity index (χ0v) is 17.8. The number of carbonyl (C=O) groups excluding carboxylic acids is 2. The van der Waals surface area contributed by atoms with Crippen molar-refractivity contribution in [1.82, 2.24) is 4.72 Å². The highest BCUT2D eigenvalue weighted by atomic mass is 32.2. The zero-order valence-electron chi connectivity index (χ0n) is 17.0. The fourth-order valence-electron chi connectivity index (χ4n) is 2.80. The molecular formula is C22H21NO7S. The van der Waals surface area contributed by atoms with Crippen molar-refractivity contribution in [3.8, 4) is 0 Å². The number of furan rings is 1. The van der Waals surface area contributed by atoms with Gasteiger partial charge in [-0.1, -0.05) is 36.4 Å². The zero-order chi connectivity index (χ0) is 22.4. The summed E-state index contributed by atoms with van der Waals surface area (Å²) in [5.41, 5.74) is 1.12. The minimum atomic E-state index is -3.82. The third-order valence-electron chi connectivity index (χ3n) is 4.41. The van der Waals surface area contributed by atoms with Crippen LogP contribution in [0.5, 0.6) is 0 Å². The average Bonchev–Trinajstić information content (AvgIpc) is 3.17. The second-order valence-electron chi connectivity index (χ2n) is 6.59. The van der Waals surface area contributed by atoms with Gasteiger partial charge in [0.1, 0.15) is 23.7 Å². The van der Waals surface area contributed by atoms with Crippen LogP contribution in [0.2, 0.25) is 0 Å². The Kier molecular flexibility index (Phi) is 6.88. The lowest BCUT2D eigenvalue weighted by Gasteiger charge is -2.08. The van der Waals surface area contributed by atoms with Crippen molar-refractivity contribution in [2.24, 2.45) is 0 Å². The average molecular weight is 443 g/mol. The number of benzene rings is 2. The van der Waals surface area contributed by atoms with Crippen LogP contribution in [0.4, 0.5) is 0 Å². The predicted molar refractivity (Wildman–Crippen MR) is 111 cm³/mol. The van der Waals surface area contributed by atoms with Crippen LogP contribution in [-0.2, 0) is 32.6 Å². The first kappa shape index (κ1) is 22.3. The number of sulfonamides is 1. The largest absolute Gasteiger partial charge is 0.465 e. The van der Waals surface area contributed by atoms with Crippen LogP contribution < -0.4 is 4.72 Å². The maximum atomic E-state index is 12.6. The number of nitrogens with one attached hydrogen (secondary N) is 1. The number of rotatable bonds is 8. The number of carbonyl (C=O) groups is 2. The maximum Gasteiger partial charge on any atom is 0.341 e. The first-order valence-corrected chi connectivity index (χ1v) is 10.8. The Morgan fingerprint density at radius 2 is 1.74 bits per heavy atom. The molecule has 1 aromatic heterocycles. The van der Waals surface area contributed by atoms with Crippen molar-refractivity contribution >= 4 is 22.0 Å². The van der Waals surface area contributed by atoms with Crippen LogP contribution in [0.25, 0.3) is 0 Å². The van der Waals surface area contributed by atoms with Crippen molar-refractivity contribution in [2.75, 3.05) is 7.11 Å². The summed E-state index contributed by atoms with van der Waals surface area (Å²) in [6.45, 7) is 1.49. The summed E-state index contributed by atoms with van der Waals surface area (Å²) in [6, 6.07) is 16.0. The fraction of sp³-hybridized carbons (Fsp3) is 0.182. The van der Waals surface area contributed by atoms with Crippen molar-refractivity contribution in [3.05, 3.63) is 88.9 Å². The summed E-state index contributed by atoms with van der Waals surface area (Å²) in [5, 5.41) is 0. The van der Waals surface area contributed by atoms with Crippen LogP contribution in [0, 0.1) is 6.92 Å². The molecule has 0 bridgehead atoms. The first-order chi connectivity index (χ1) is 14.8. The highest BCUT2D eigenvalue weighted by Crippen LogP contribution is 2.18. The highest BCUT2D eigenvalue weighted by molar-refractivity contribution is 7.89. The van der Waals surface area contributed by atoms with E-state index >= 15 is 0 Å². The number of aryl methyl sites for hydroxylation is 1. The Balaban J connectivity index is 1.66. The second kappa shape index (κ2) is 9.59. The van der Waals surface area contributed by atoms with Gasteiger partial charge in [0.25, 0.3) is 0 Å². The molecule has 0 fully saturated rings. The SMILES string of the molecule is COC(=O)c1cc(COC(=O)c2cccc(S(=O)(=O)NCc3ccccc3)c2)oc1C. The van der Waals surface area contributed by atoms with E-state index in [9.17, 15) is 18.0 Å². The molecular weight excluding hydrogens is 422 g/mol. The molecule has 0 saturated heterocycles. The molecule has 0 saturated carbocycles. The van der Waals surface area contributed by atoms with Crippen LogP contribution in [-0.4, -0.2) is 27.5 Å². The molecule has 0 aliphatic carbocycles. The predicted octanol–water partition coefficient (Wildman–Crippen LogP) is 3.21. The topological polar surface area (TPSA) is 112 Å². The molecule has 162 valence electrons. The summed E-state index contributed by atoms with van der Waals surface area (Å²) in [4.78, 5) is 24.0. The minimum absolute atomic E-state index is 0.0558. The van der Waals surface area contributed by atoms with Gasteiger partial charge in [0.2, 0.25) is 10.0 Å². The van der Waals surface area contributed by atoms with Crippen molar-refractivity contribution in [1.29, 1.82) is 0 Å². The summed E-state index contributed by atoms with van der Waals surface area (Å²) >= 11 is 0. The van der Waals surface area contributed by atoms with Crippen LogP contribution in [0.15, 0.2) is 70.0 Å². The van der Waals surface area contributed by atoms with E-state index in [2.05, 4.69) is 9.46 Å². The van der Waals surface area contributed by atoms with E-state index in [1.54, 1.807) is 19.1 Å². The second-order valence-corrected chi connectivity index (χ2v) is 8.36. The van der Waals surface area contributed by atoms with Crippen LogP contribution >= 0.6 is 0 Å². The van der Waals surface area contributed by atoms with Gasteiger partial charge < -0.3 is 13.9 Å². The van der Waals surface area contributed by atoms with Gasteiger partial charge in [-0.15, -0.1) is 0 Å². The lowest BCUT2D eigenvalue weighted by Crippen LogP contribution is -2.23. The molecule has 3 aromatic rings. The molecule has 31 heavy (non-hydrogen) atoms. The summed E-state index contributed by atoms with van der Waals surface area (Å²) in [6.07, 6.45) is 0. The Morgan fingerprint density at radius 3 is 2.45 bits per heavy atom. The van der Waals surface area contributed by atoms with Crippen molar-refractivity contribution in [3.63, 3.8) is 0 Å². The van der Waals surface area contributed by atoms with E-state index < -0.39 is 22.0 Å². The van der Waals surface area contributed by atoms with Crippen LogP contribution in [0.3, 0.4) is 0 Å². The molecule has 1 N–H and O–H groups in total. The molecule has 2 aromatic carbocycles. The molecule has 8 nitrogen and oxygen atoms in total. The monoisotopic (exact) mass is 443 g/mol. The maximum absolute atomic E-state index is 12.6. The van der Waals surface area contributed by atoms with Gasteiger partial charge in [-0.05, 0) is 36.8 Å². The van der Waals surface area contributed by atoms with Gasteiger partial charge in [0.15, 0.2) is 0 Å². The Hall–Kier alpha value is -3.43. The Labute approximate surface area is 179 Å². The molecule has 0 atom stereocenters. The summed E-state index contributed by atoms with van der Waals surface area (Å²) in [7, 11) is -2.57. The number of hydrogen-bond donors (Lipinski definition) is 1. The molecule has 0 unspecified atom stereocenters. The number of esters is 2. The van der Waals surface area contributed by atoms with Crippen LogP contribution in [0.1, 0.15) is 37.8 Å². The van der Waals surface area contributed by atoms with E-state index in [0.29, 0.717) is 5.76 Å². The molecule has 0 amide bonds. The van der Waals surface area contributed by atoms with Gasteiger partial charge in [0, 0.05) is 6.54 Å². The number of methoxy groups -OCH3 is 1. The Morgan fingerprint density at radius 1 is 1.00 bits per heavy atom. The Bertz CT molecular complexity index is 1180. The molecule has 3 rings (SSSR count). The van der Waals surface area contributed by atoms with E-state index in [-0.39, 0.29) is 34.9 Å². The first-order valence-electron chi connectivity index (χ1n) is 9.28. The lowest BCUT2D eigenvalue weighted by molar-refractivity contribution is 0.0443. The fourth-order valence-corrected chi connectivity index (χ4v) is 3.86. The summed E-state index contributed by atoms with van der Waals surface area (Å²) < 4.78 is 42.9.